The van der Waals surface area contributed by atoms with Crippen molar-refractivity contribution in [1.29, 1.82) is 0 Å². The summed E-state index contributed by atoms with van der Waals surface area (Å²) in [6.07, 6.45) is 8.18. The molecule has 1 amide bonds. The van der Waals surface area contributed by atoms with Crippen LogP contribution in [0, 0.1) is 12.8 Å². The summed E-state index contributed by atoms with van der Waals surface area (Å²) in [7, 11) is 0. The number of nitrogens with zero attached hydrogens (tertiary/aromatic N) is 2. The first-order valence-electron chi connectivity index (χ1n) is 7.61. The number of amides is 1. The molecule has 0 saturated heterocycles. The van der Waals surface area contributed by atoms with E-state index < -0.39 is 0 Å². The Kier molecular flexibility index (Phi) is 4.04. The summed E-state index contributed by atoms with van der Waals surface area (Å²) in [5.74, 6) is 1.36. The summed E-state index contributed by atoms with van der Waals surface area (Å²) in [4.78, 5) is 16.4. The Hall–Kier alpha value is -2.10. The van der Waals surface area contributed by atoms with E-state index >= 15 is 0 Å². The van der Waals surface area contributed by atoms with Gasteiger partial charge in [0.05, 0.1) is 5.69 Å². The predicted octanol–water partition coefficient (Wildman–Crippen LogP) is 2.99. The Morgan fingerprint density at radius 3 is 2.81 bits per heavy atom. The number of carbonyl (C=O) groups excluding carboxylic acids is 1. The summed E-state index contributed by atoms with van der Waals surface area (Å²) in [6.45, 7) is 2.55. The van der Waals surface area contributed by atoms with Gasteiger partial charge in [-0.3, -0.25) is 4.79 Å². The monoisotopic (exact) mass is 283 g/mol. The van der Waals surface area contributed by atoms with Crippen molar-refractivity contribution >= 4 is 5.91 Å². The van der Waals surface area contributed by atoms with Gasteiger partial charge in [0, 0.05) is 24.9 Å². The zero-order valence-corrected chi connectivity index (χ0v) is 12.4. The molecule has 1 aliphatic rings. The van der Waals surface area contributed by atoms with E-state index in [1.165, 1.54) is 12.8 Å². The highest BCUT2D eigenvalue weighted by Crippen LogP contribution is 2.25. The van der Waals surface area contributed by atoms with Gasteiger partial charge in [-0.2, -0.15) is 0 Å². The van der Waals surface area contributed by atoms with Crippen LogP contribution in [0.25, 0.3) is 5.69 Å². The molecule has 1 aromatic heterocycles. The van der Waals surface area contributed by atoms with Gasteiger partial charge in [-0.1, -0.05) is 31.0 Å². The zero-order valence-electron chi connectivity index (χ0n) is 12.4. The molecule has 1 saturated carbocycles. The van der Waals surface area contributed by atoms with E-state index in [1.807, 2.05) is 25.3 Å². The minimum Gasteiger partial charge on any atom is -0.352 e. The van der Waals surface area contributed by atoms with Gasteiger partial charge < -0.3 is 9.88 Å². The molecule has 0 radical (unpaired) electrons. The zero-order chi connectivity index (χ0) is 14.7. The fourth-order valence-electron chi connectivity index (χ4n) is 3.04. The van der Waals surface area contributed by atoms with E-state index in [-0.39, 0.29) is 11.8 Å². The first kappa shape index (κ1) is 13.9. The average molecular weight is 283 g/mol. The fraction of sp³-hybridized carbons (Fsp3) is 0.412. The third kappa shape index (κ3) is 2.99. The van der Waals surface area contributed by atoms with Crippen LogP contribution >= 0.6 is 0 Å². The Morgan fingerprint density at radius 2 is 2.10 bits per heavy atom. The molecule has 0 unspecified atom stereocenters. The number of carbonyl (C=O) groups is 1. The molecular formula is C17H21N3O. The Bertz CT molecular complexity index is 626. The molecule has 0 spiro atoms. The summed E-state index contributed by atoms with van der Waals surface area (Å²) in [5.41, 5.74) is 2.20. The molecule has 0 aliphatic heterocycles. The van der Waals surface area contributed by atoms with Crippen molar-refractivity contribution in [3.8, 4) is 5.69 Å². The van der Waals surface area contributed by atoms with Crippen LogP contribution in [0.15, 0.2) is 36.7 Å². The van der Waals surface area contributed by atoms with E-state index in [9.17, 15) is 4.79 Å². The third-order valence-corrected chi connectivity index (χ3v) is 4.26. The lowest BCUT2D eigenvalue weighted by atomic mass is 10.1. The van der Waals surface area contributed by atoms with Crippen molar-refractivity contribution in [2.24, 2.45) is 5.92 Å². The predicted molar refractivity (Wildman–Crippen MR) is 82.1 cm³/mol. The molecule has 1 aliphatic carbocycles. The number of hydrogen-bond donors (Lipinski definition) is 1. The SMILES string of the molecule is Cc1nccn1-c1ccccc1CNC(=O)C1CCCC1. The van der Waals surface area contributed by atoms with Crippen LogP contribution in [0.2, 0.25) is 0 Å². The second-order valence-corrected chi connectivity index (χ2v) is 5.67. The quantitative estimate of drug-likeness (QED) is 0.937. The smallest absolute Gasteiger partial charge is 0.223 e. The molecule has 1 N–H and O–H groups in total. The molecular weight excluding hydrogens is 262 g/mol. The van der Waals surface area contributed by atoms with E-state index in [1.54, 1.807) is 6.20 Å². The maximum Gasteiger partial charge on any atom is 0.223 e. The lowest BCUT2D eigenvalue weighted by molar-refractivity contribution is -0.124. The standard InChI is InChI=1S/C17H21N3O/c1-13-18-10-11-20(13)16-9-5-4-8-15(16)12-19-17(21)14-6-2-3-7-14/h4-5,8-11,14H,2-3,6-7,12H2,1H3,(H,19,21). The van der Waals surface area contributed by atoms with E-state index in [0.717, 1.165) is 29.9 Å². The van der Waals surface area contributed by atoms with Crippen molar-refractivity contribution < 1.29 is 4.79 Å². The number of para-hydroxylation sites is 1. The molecule has 4 heteroatoms. The van der Waals surface area contributed by atoms with Gasteiger partial charge in [-0.15, -0.1) is 0 Å². The van der Waals surface area contributed by atoms with Crippen molar-refractivity contribution in [3.63, 3.8) is 0 Å². The van der Waals surface area contributed by atoms with Crippen LogP contribution in [0.1, 0.15) is 37.1 Å². The highest BCUT2D eigenvalue weighted by atomic mass is 16.1. The topological polar surface area (TPSA) is 46.9 Å². The number of aromatic nitrogens is 2. The number of benzene rings is 1. The van der Waals surface area contributed by atoms with Crippen molar-refractivity contribution in [2.75, 3.05) is 0 Å². The molecule has 0 atom stereocenters. The maximum atomic E-state index is 12.2. The average Bonchev–Trinajstić information content (AvgIpc) is 3.16. The molecule has 2 aromatic rings. The molecule has 1 fully saturated rings. The van der Waals surface area contributed by atoms with Gasteiger partial charge in [-0.25, -0.2) is 4.98 Å². The van der Waals surface area contributed by atoms with Gasteiger partial charge in [0.15, 0.2) is 0 Å². The molecule has 3 rings (SSSR count). The van der Waals surface area contributed by atoms with Gasteiger partial charge in [0.2, 0.25) is 5.91 Å². The summed E-state index contributed by atoms with van der Waals surface area (Å²) < 4.78 is 2.05. The van der Waals surface area contributed by atoms with Crippen molar-refractivity contribution in [3.05, 3.63) is 48.0 Å². The van der Waals surface area contributed by atoms with Crippen LogP contribution in [-0.4, -0.2) is 15.5 Å². The van der Waals surface area contributed by atoms with E-state index in [0.29, 0.717) is 6.54 Å². The normalized spacial score (nSPS) is 15.3. The van der Waals surface area contributed by atoms with Gasteiger partial charge in [-0.05, 0) is 31.4 Å². The van der Waals surface area contributed by atoms with Crippen LogP contribution in [0.4, 0.5) is 0 Å². The first-order chi connectivity index (χ1) is 10.3. The summed E-state index contributed by atoms with van der Waals surface area (Å²) in [6, 6.07) is 8.14. The lowest BCUT2D eigenvalue weighted by Gasteiger charge is -2.14. The minimum absolute atomic E-state index is 0.199. The lowest BCUT2D eigenvalue weighted by Crippen LogP contribution is -2.29. The van der Waals surface area contributed by atoms with Crippen LogP contribution < -0.4 is 5.32 Å². The Balaban J connectivity index is 1.74. The fourth-order valence-corrected chi connectivity index (χ4v) is 3.04. The summed E-state index contributed by atoms with van der Waals surface area (Å²) in [5, 5.41) is 3.09. The second kappa shape index (κ2) is 6.12. The highest BCUT2D eigenvalue weighted by molar-refractivity contribution is 5.78. The summed E-state index contributed by atoms with van der Waals surface area (Å²) >= 11 is 0. The number of rotatable bonds is 4. The third-order valence-electron chi connectivity index (χ3n) is 4.26. The van der Waals surface area contributed by atoms with E-state index in [4.69, 9.17) is 0 Å². The highest BCUT2D eigenvalue weighted by Gasteiger charge is 2.22. The number of hydrogen-bond acceptors (Lipinski definition) is 2. The van der Waals surface area contributed by atoms with Crippen LogP contribution in [-0.2, 0) is 11.3 Å². The minimum atomic E-state index is 0.199. The van der Waals surface area contributed by atoms with Crippen molar-refractivity contribution in [2.45, 2.75) is 39.2 Å². The molecule has 21 heavy (non-hydrogen) atoms. The van der Waals surface area contributed by atoms with Gasteiger partial charge in [0.25, 0.3) is 0 Å². The molecule has 4 nitrogen and oxygen atoms in total. The number of aryl methyl sites for hydroxylation is 1. The molecule has 1 aromatic carbocycles. The van der Waals surface area contributed by atoms with Crippen LogP contribution in [0.3, 0.4) is 0 Å². The molecule has 1 heterocycles. The van der Waals surface area contributed by atoms with Gasteiger partial charge >= 0.3 is 0 Å². The number of imidazole rings is 1. The van der Waals surface area contributed by atoms with Crippen molar-refractivity contribution in [1.82, 2.24) is 14.9 Å². The molecule has 110 valence electrons. The van der Waals surface area contributed by atoms with Crippen LogP contribution in [0.5, 0.6) is 0 Å². The van der Waals surface area contributed by atoms with Gasteiger partial charge in [0.1, 0.15) is 5.82 Å². The Labute approximate surface area is 125 Å². The second-order valence-electron chi connectivity index (χ2n) is 5.67. The Morgan fingerprint density at radius 1 is 1.33 bits per heavy atom. The first-order valence-corrected chi connectivity index (χ1v) is 7.61. The molecule has 0 bridgehead atoms. The number of nitrogens with one attached hydrogen (secondary N) is 1. The largest absolute Gasteiger partial charge is 0.352 e. The van der Waals surface area contributed by atoms with E-state index in [2.05, 4.69) is 27.0 Å². The maximum absolute atomic E-state index is 12.2.